The summed E-state index contributed by atoms with van der Waals surface area (Å²) in [4.78, 5) is 10.8. The number of carbonyl (C=O) groups is 1. The summed E-state index contributed by atoms with van der Waals surface area (Å²) in [7, 11) is -4.62. The van der Waals surface area contributed by atoms with Crippen LogP contribution in [0.5, 0.6) is 0 Å². The predicted octanol–water partition coefficient (Wildman–Crippen LogP) is -1.72. The fourth-order valence-electron chi connectivity index (χ4n) is 0.824. The van der Waals surface area contributed by atoms with Crippen LogP contribution in [0.1, 0.15) is 6.92 Å². The second kappa shape index (κ2) is 2.66. The van der Waals surface area contributed by atoms with E-state index in [2.05, 4.69) is 4.28 Å². The lowest BCUT2D eigenvalue weighted by molar-refractivity contribution is -0.192. The minimum absolute atomic E-state index is 0.514. The maximum absolute atomic E-state index is 10.8. The highest BCUT2D eigenvalue weighted by Crippen LogP contribution is 2.18. The Hall–Kier alpha value is -0.700. The first-order valence-corrected chi connectivity index (χ1v) is 4.45. The second-order valence-electron chi connectivity index (χ2n) is 2.43. The SMILES string of the molecule is C[C@H]1[C@H](N)C(=O)N1OS(=O)(=O)O. The van der Waals surface area contributed by atoms with E-state index in [9.17, 15) is 13.2 Å². The van der Waals surface area contributed by atoms with Gasteiger partial charge in [0.2, 0.25) is 0 Å². The summed E-state index contributed by atoms with van der Waals surface area (Å²) >= 11 is 0. The van der Waals surface area contributed by atoms with Crippen LogP contribution < -0.4 is 5.73 Å². The summed E-state index contributed by atoms with van der Waals surface area (Å²) in [5, 5.41) is 0.514. The van der Waals surface area contributed by atoms with Crippen molar-refractivity contribution < 1.29 is 22.0 Å². The van der Waals surface area contributed by atoms with Crippen LogP contribution in [0.4, 0.5) is 0 Å². The van der Waals surface area contributed by atoms with E-state index in [0.29, 0.717) is 5.06 Å². The van der Waals surface area contributed by atoms with Crippen LogP contribution in [0.15, 0.2) is 0 Å². The van der Waals surface area contributed by atoms with Gasteiger partial charge in [-0.1, -0.05) is 0 Å². The fourth-order valence-corrected chi connectivity index (χ4v) is 1.24. The molecule has 12 heavy (non-hydrogen) atoms. The van der Waals surface area contributed by atoms with Crippen molar-refractivity contribution in [3.8, 4) is 0 Å². The Labute approximate surface area is 69.0 Å². The van der Waals surface area contributed by atoms with Crippen LogP contribution in [-0.2, 0) is 19.5 Å². The van der Waals surface area contributed by atoms with Gasteiger partial charge < -0.3 is 5.73 Å². The molecule has 1 amide bonds. The largest absolute Gasteiger partial charge is 0.418 e. The highest BCUT2D eigenvalue weighted by atomic mass is 32.3. The van der Waals surface area contributed by atoms with E-state index < -0.39 is 28.4 Å². The first-order valence-electron chi connectivity index (χ1n) is 3.08. The van der Waals surface area contributed by atoms with Gasteiger partial charge in [-0.05, 0) is 6.92 Å². The maximum atomic E-state index is 10.8. The molecule has 0 aromatic heterocycles. The number of β-lactam (4-membered cyclic amide) rings is 1. The summed E-state index contributed by atoms with van der Waals surface area (Å²) in [6, 6.07) is -1.30. The molecule has 0 unspecified atom stereocenters. The zero-order valence-corrected chi connectivity index (χ0v) is 6.98. The summed E-state index contributed by atoms with van der Waals surface area (Å²) in [5.41, 5.74) is 5.23. The van der Waals surface area contributed by atoms with Crippen molar-refractivity contribution in [3.63, 3.8) is 0 Å². The molecule has 1 aliphatic heterocycles. The van der Waals surface area contributed by atoms with Gasteiger partial charge in [-0.3, -0.25) is 9.35 Å². The predicted molar refractivity (Wildman–Crippen MR) is 36.9 cm³/mol. The van der Waals surface area contributed by atoms with Gasteiger partial charge in [-0.25, -0.2) is 0 Å². The molecule has 8 heteroatoms. The normalized spacial score (nSPS) is 30.2. The van der Waals surface area contributed by atoms with Gasteiger partial charge in [0.25, 0.3) is 5.91 Å². The molecule has 70 valence electrons. The van der Waals surface area contributed by atoms with Gasteiger partial charge in [0.15, 0.2) is 0 Å². The maximum Gasteiger partial charge on any atom is 0.418 e. The minimum Gasteiger partial charge on any atom is -0.318 e. The summed E-state index contributed by atoms with van der Waals surface area (Å²) in [6.07, 6.45) is 0. The smallest absolute Gasteiger partial charge is 0.318 e. The highest BCUT2D eigenvalue weighted by molar-refractivity contribution is 7.80. The third-order valence-electron chi connectivity index (χ3n) is 1.57. The lowest BCUT2D eigenvalue weighted by atomic mass is 10.0. The first-order chi connectivity index (χ1) is 5.33. The molecule has 2 atom stereocenters. The molecular weight excluding hydrogens is 188 g/mol. The average molecular weight is 196 g/mol. The highest BCUT2D eigenvalue weighted by Gasteiger charge is 2.45. The standard InChI is InChI=1S/C4H8N2O5S/c1-2-3(5)4(7)6(2)11-12(8,9)10/h2-3H,5H2,1H3,(H,8,9,10)/t2-,3-/m0/s1. The van der Waals surface area contributed by atoms with Gasteiger partial charge >= 0.3 is 10.4 Å². The number of carbonyl (C=O) groups excluding carboxylic acids is 1. The van der Waals surface area contributed by atoms with Crippen molar-refractivity contribution in [2.24, 2.45) is 5.73 Å². The van der Waals surface area contributed by atoms with Gasteiger partial charge in [0, 0.05) is 0 Å². The molecule has 1 heterocycles. The quantitative estimate of drug-likeness (QED) is 0.401. The van der Waals surface area contributed by atoms with Gasteiger partial charge in [0.05, 0.1) is 6.04 Å². The topological polar surface area (TPSA) is 110 Å². The summed E-state index contributed by atoms with van der Waals surface area (Å²) in [5.74, 6) is -0.667. The van der Waals surface area contributed by atoms with Crippen LogP contribution in [0.2, 0.25) is 0 Å². The number of nitrogens with zero attached hydrogens (tertiary/aromatic N) is 1. The average Bonchev–Trinajstić information content (AvgIpc) is 1.96. The molecule has 0 radical (unpaired) electrons. The molecule has 0 aromatic carbocycles. The lowest BCUT2D eigenvalue weighted by Crippen LogP contribution is -2.67. The van der Waals surface area contributed by atoms with Crippen LogP contribution >= 0.6 is 0 Å². The monoisotopic (exact) mass is 196 g/mol. The van der Waals surface area contributed by atoms with Crippen LogP contribution in [0.3, 0.4) is 0 Å². The Kier molecular flexibility index (Phi) is 2.08. The van der Waals surface area contributed by atoms with Crippen molar-refractivity contribution in [1.82, 2.24) is 5.06 Å². The number of hydrogen-bond acceptors (Lipinski definition) is 5. The summed E-state index contributed by atoms with van der Waals surface area (Å²) in [6.45, 7) is 1.50. The minimum atomic E-state index is -4.62. The summed E-state index contributed by atoms with van der Waals surface area (Å²) < 4.78 is 32.4. The number of amides is 1. The van der Waals surface area contributed by atoms with Crippen molar-refractivity contribution in [1.29, 1.82) is 0 Å². The van der Waals surface area contributed by atoms with Crippen molar-refractivity contribution in [2.45, 2.75) is 19.0 Å². The van der Waals surface area contributed by atoms with Crippen LogP contribution in [0, 0.1) is 0 Å². The number of hydroxylamine groups is 2. The van der Waals surface area contributed by atoms with Crippen LogP contribution in [0.25, 0.3) is 0 Å². The molecule has 7 nitrogen and oxygen atoms in total. The van der Waals surface area contributed by atoms with E-state index in [1.54, 1.807) is 0 Å². The third-order valence-corrected chi connectivity index (χ3v) is 1.92. The zero-order chi connectivity index (χ0) is 9.52. The van der Waals surface area contributed by atoms with Gasteiger partial charge in [0.1, 0.15) is 6.04 Å². The number of nitrogens with two attached hydrogens (primary N) is 1. The molecule has 3 N–H and O–H groups in total. The van der Waals surface area contributed by atoms with E-state index in [0.717, 1.165) is 0 Å². The zero-order valence-electron chi connectivity index (χ0n) is 6.17. The van der Waals surface area contributed by atoms with E-state index in [1.807, 2.05) is 0 Å². The molecule has 0 spiro atoms. The molecule has 0 bridgehead atoms. The van der Waals surface area contributed by atoms with Gasteiger partial charge in [-0.2, -0.15) is 13.5 Å². The van der Waals surface area contributed by atoms with Crippen molar-refractivity contribution in [3.05, 3.63) is 0 Å². The Balaban J connectivity index is 2.63. The van der Waals surface area contributed by atoms with E-state index in [1.165, 1.54) is 6.92 Å². The number of hydrogen-bond donors (Lipinski definition) is 2. The van der Waals surface area contributed by atoms with Gasteiger partial charge in [-0.15, -0.1) is 4.28 Å². The lowest BCUT2D eigenvalue weighted by Gasteiger charge is -2.39. The second-order valence-corrected chi connectivity index (χ2v) is 3.44. The first kappa shape index (κ1) is 9.39. The Morgan fingerprint density at radius 1 is 1.67 bits per heavy atom. The number of rotatable bonds is 2. The molecule has 0 aromatic rings. The molecular formula is C4H8N2O5S. The Bertz CT molecular complexity index is 299. The molecule has 1 fully saturated rings. The molecule has 1 aliphatic rings. The van der Waals surface area contributed by atoms with Crippen molar-refractivity contribution >= 4 is 16.3 Å². The van der Waals surface area contributed by atoms with E-state index >= 15 is 0 Å². The molecule has 0 aliphatic carbocycles. The van der Waals surface area contributed by atoms with E-state index in [4.69, 9.17) is 10.3 Å². The van der Waals surface area contributed by atoms with Crippen molar-refractivity contribution in [2.75, 3.05) is 0 Å². The molecule has 0 saturated carbocycles. The Morgan fingerprint density at radius 3 is 2.50 bits per heavy atom. The molecule has 1 saturated heterocycles. The van der Waals surface area contributed by atoms with E-state index in [-0.39, 0.29) is 0 Å². The molecule has 1 rings (SSSR count). The van der Waals surface area contributed by atoms with Crippen LogP contribution in [-0.4, -0.2) is 36.0 Å². The Morgan fingerprint density at radius 2 is 2.17 bits per heavy atom. The third kappa shape index (κ3) is 1.55. The fraction of sp³-hybridized carbons (Fsp3) is 0.750.